The first kappa shape index (κ1) is 17.9. The van der Waals surface area contributed by atoms with E-state index >= 15 is 0 Å². The van der Waals surface area contributed by atoms with Gasteiger partial charge in [-0.3, -0.25) is 9.59 Å². The van der Waals surface area contributed by atoms with Crippen molar-refractivity contribution in [1.29, 1.82) is 0 Å². The molecule has 28 heavy (non-hydrogen) atoms. The lowest BCUT2D eigenvalue weighted by Gasteiger charge is -2.24. The molecule has 0 aliphatic carbocycles. The highest BCUT2D eigenvalue weighted by molar-refractivity contribution is 6.01. The van der Waals surface area contributed by atoms with Crippen molar-refractivity contribution in [1.82, 2.24) is 19.7 Å². The third-order valence-electron chi connectivity index (χ3n) is 4.87. The van der Waals surface area contributed by atoms with Crippen LogP contribution in [0.15, 0.2) is 67.3 Å². The zero-order chi connectivity index (χ0) is 19.3. The molecule has 1 aromatic heterocycles. The van der Waals surface area contributed by atoms with E-state index in [0.717, 1.165) is 17.7 Å². The molecule has 0 bridgehead atoms. The van der Waals surface area contributed by atoms with Gasteiger partial charge in [-0.15, -0.1) is 0 Å². The highest BCUT2D eigenvalue weighted by Crippen LogP contribution is 2.22. The summed E-state index contributed by atoms with van der Waals surface area (Å²) in [7, 11) is 0. The van der Waals surface area contributed by atoms with Crippen molar-refractivity contribution in [2.75, 3.05) is 11.9 Å². The fourth-order valence-corrected chi connectivity index (χ4v) is 3.45. The third-order valence-corrected chi connectivity index (χ3v) is 4.87. The van der Waals surface area contributed by atoms with Crippen molar-refractivity contribution in [3.8, 4) is 0 Å². The number of hydrogen-bond donors (Lipinski definition) is 1. The van der Waals surface area contributed by atoms with E-state index in [0.29, 0.717) is 25.1 Å². The SMILES string of the molecule is O=C(Nc1ccccc1)[C@@H]1CCCN1C(=O)c1ccc(Cn2cncn2)cc1. The Morgan fingerprint density at radius 1 is 1.07 bits per heavy atom. The highest BCUT2D eigenvalue weighted by atomic mass is 16.2. The first-order chi connectivity index (χ1) is 13.7. The van der Waals surface area contributed by atoms with Crippen molar-refractivity contribution in [3.63, 3.8) is 0 Å². The van der Waals surface area contributed by atoms with E-state index in [9.17, 15) is 9.59 Å². The zero-order valence-corrected chi connectivity index (χ0v) is 15.4. The summed E-state index contributed by atoms with van der Waals surface area (Å²) in [6, 6.07) is 16.3. The van der Waals surface area contributed by atoms with Gasteiger partial charge in [0.1, 0.15) is 18.7 Å². The number of hydrogen-bond acceptors (Lipinski definition) is 4. The molecule has 7 nitrogen and oxygen atoms in total. The molecule has 2 heterocycles. The van der Waals surface area contributed by atoms with E-state index in [1.54, 1.807) is 28.0 Å². The third kappa shape index (κ3) is 3.93. The molecule has 4 rings (SSSR count). The summed E-state index contributed by atoms with van der Waals surface area (Å²) in [6.07, 6.45) is 4.64. The molecule has 1 saturated heterocycles. The molecule has 1 aliphatic rings. The molecular weight excluding hydrogens is 354 g/mol. The molecule has 3 aromatic rings. The molecule has 1 fully saturated rings. The van der Waals surface area contributed by atoms with Gasteiger partial charge in [0.15, 0.2) is 0 Å². The Kier molecular flexibility index (Phi) is 5.14. The Morgan fingerprint density at radius 2 is 1.86 bits per heavy atom. The molecule has 0 radical (unpaired) electrons. The van der Waals surface area contributed by atoms with Crippen molar-refractivity contribution >= 4 is 17.5 Å². The van der Waals surface area contributed by atoms with Gasteiger partial charge in [-0.25, -0.2) is 9.67 Å². The molecular formula is C21H21N5O2. The molecule has 7 heteroatoms. The average Bonchev–Trinajstić information content (AvgIpc) is 3.41. The van der Waals surface area contributed by atoms with Gasteiger partial charge in [0.25, 0.3) is 5.91 Å². The predicted octanol–water partition coefficient (Wildman–Crippen LogP) is 2.57. The second-order valence-corrected chi connectivity index (χ2v) is 6.80. The number of carbonyl (C=O) groups is 2. The quantitative estimate of drug-likeness (QED) is 0.743. The minimum atomic E-state index is -0.442. The maximum atomic E-state index is 13.0. The minimum Gasteiger partial charge on any atom is -0.327 e. The topological polar surface area (TPSA) is 80.1 Å². The number of carbonyl (C=O) groups excluding carboxylic acids is 2. The fourth-order valence-electron chi connectivity index (χ4n) is 3.45. The van der Waals surface area contributed by atoms with Gasteiger partial charge in [-0.1, -0.05) is 30.3 Å². The predicted molar refractivity (Wildman–Crippen MR) is 105 cm³/mol. The van der Waals surface area contributed by atoms with Crippen LogP contribution < -0.4 is 5.32 Å². The second-order valence-electron chi connectivity index (χ2n) is 6.80. The number of nitrogens with one attached hydrogen (secondary N) is 1. The number of rotatable bonds is 5. The zero-order valence-electron chi connectivity index (χ0n) is 15.4. The van der Waals surface area contributed by atoms with Gasteiger partial charge >= 0.3 is 0 Å². The van der Waals surface area contributed by atoms with Crippen LogP contribution >= 0.6 is 0 Å². The molecule has 1 N–H and O–H groups in total. The van der Waals surface area contributed by atoms with Crippen LogP contribution in [-0.4, -0.2) is 44.1 Å². The van der Waals surface area contributed by atoms with E-state index in [2.05, 4.69) is 15.4 Å². The summed E-state index contributed by atoms with van der Waals surface area (Å²) in [4.78, 5) is 31.2. The molecule has 0 saturated carbocycles. The monoisotopic (exact) mass is 375 g/mol. The molecule has 0 unspecified atom stereocenters. The minimum absolute atomic E-state index is 0.113. The lowest BCUT2D eigenvalue weighted by Crippen LogP contribution is -2.43. The van der Waals surface area contributed by atoms with Crippen molar-refractivity contribution in [3.05, 3.63) is 78.4 Å². The maximum Gasteiger partial charge on any atom is 0.254 e. The second kappa shape index (κ2) is 8.04. The van der Waals surface area contributed by atoms with Crippen molar-refractivity contribution in [2.24, 2.45) is 0 Å². The maximum absolute atomic E-state index is 13.0. The number of para-hydroxylation sites is 1. The Morgan fingerprint density at radius 3 is 2.57 bits per heavy atom. The van der Waals surface area contributed by atoms with Crippen LogP contribution in [0.25, 0.3) is 0 Å². The van der Waals surface area contributed by atoms with Crippen LogP contribution in [0.4, 0.5) is 5.69 Å². The van der Waals surface area contributed by atoms with Crippen LogP contribution in [0.5, 0.6) is 0 Å². The highest BCUT2D eigenvalue weighted by Gasteiger charge is 2.34. The van der Waals surface area contributed by atoms with Gasteiger partial charge in [-0.2, -0.15) is 5.10 Å². The Bertz CT molecular complexity index is 939. The number of likely N-dealkylation sites (tertiary alicyclic amines) is 1. The summed E-state index contributed by atoms with van der Waals surface area (Å²) in [5.41, 5.74) is 2.35. The summed E-state index contributed by atoms with van der Waals surface area (Å²) >= 11 is 0. The summed E-state index contributed by atoms with van der Waals surface area (Å²) in [5, 5.41) is 6.99. The molecule has 2 aromatic carbocycles. The van der Waals surface area contributed by atoms with Crippen molar-refractivity contribution in [2.45, 2.75) is 25.4 Å². The lowest BCUT2D eigenvalue weighted by molar-refractivity contribution is -0.119. The van der Waals surface area contributed by atoms with Crippen LogP contribution in [0.2, 0.25) is 0 Å². The van der Waals surface area contributed by atoms with E-state index in [-0.39, 0.29) is 11.8 Å². The van der Waals surface area contributed by atoms with E-state index in [1.807, 2.05) is 42.5 Å². The standard InChI is InChI=1S/C21H21N5O2/c27-20(24-18-5-2-1-3-6-18)19-7-4-12-26(19)21(28)17-10-8-16(9-11-17)13-25-15-22-14-23-25/h1-3,5-6,8-11,14-15,19H,4,7,12-13H2,(H,24,27)/t19-/m0/s1. The van der Waals surface area contributed by atoms with Crippen LogP contribution in [0.3, 0.4) is 0 Å². The molecule has 1 atom stereocenters. The van der Waals surface area contributed by atoms with Gasteiger partial charge in [0, 0.05) is 17.8 Å². The molecule has 0 spiro atoms. The van der Waals surface area contributed by atoms with E-state index in [1.165, 1.54) is 6.33 Å². The van der Waals surface area contributed by atoms with Crippen LogP contribution in [0, 0.1) is 0 Å². The van der Waals surface area contributed by atoms with E-state index in [4.69, 9.17) is 0 Å². The fraction of sp³-hybridized carbons (Fsp3) is 0.238. The summed E-state index contributed by atoms with van der Waals surface area (Å²) in [6.45, 7) is 1.19. The summed E-state index contributed by atoms with van der Waals surface area (Å²) < 4.78 is 1.72. The largest absolute Gasteiger partial charge is 0.327 e. The van der Waals surface area contributed by atoms with Crippen LogP contribution in [-0.2, 0) is 11.3 Å². The van der Waals surface area contributed by atoms with E-state index < -0.39 is 6.04 Å². The van der Waals surface area contributed by atoms with Gasteiger partial charge in [0.05, 0.1) is 6.54 Å². The van der Waals surface area contributed by atoms with Crippen molar-refractivity contribution < 1.29 is 9.59 Å². The Hall–Kier alpha value is -3.48. The number of benzene rings is 2. The molecule has 2 amide bonds. The normalized spacial score (nSPS) is 16.1. The molecule has 142 valence electrons. The number of amides is 2. The number of anilines is 1. The number of aromatic nitrogens is 3. The summed E-state index contributed by atoms with van der Waals surface area (Å²) in [5.74, 6) is -0.252. The van der Waals surface area contributed by atoms with Crippen LogP contribution in [0.1, 0.15) is 28.8 Å². The Balaban J connectivity index is 1.43. The van der Waals surface area contributed by atoms with Gasteiger partial charge < -0.3 is 10.2 Å². The van der Waals surface area contributed by atoms with Gasteiger partial charge in [-0.05, 0) is 42.7 Å². The smallest absolute Gasteiger partial charge is 0.254 e. The Labute approximate surface area is 163 Å². The first-order valence-electron chi connectivity index (χ1n) is 9.29. The first-order valence-corrected chi connectivity index (χ1v) is 9.29. The lowest BCUT2D eigenvalue weighted by atomic mass is 10.1. The molecule has 1 aliphatic heterocycles. The average molecular weight is 375 g/mol. The van der Waals surface area contributed by atoms with Gasteiger partial charge in [0.2, 0.25) is 5.91 Å². The number of nitrogens with zero attached hydrogens (tertiary/aromatic N) is 4.